The standard InChI is InChI=1S/C28H29ClN4O2/c1-34-25-16-23-24(17-26(25)35-19-21-10-6-3-7-11-21)31-28(29)32-27(23)30-22-12-14-33(15-13-22)18-20-8-4-2-5-9-20/h2-11,16-17,22H,12-15,18-19H2,1H3,(H,30,31,32). The fourth-order valence-electron chi connectivity index (χ4n) is 4.50. The average molecular weight is 489 g/mol. The number of ether oxygens (including phenoxy) is 2. The molecule has 0 aliphatic carbocycles. The van der Waals surface area contributed by atoms with E-state index >= 15 is 0 Å². The van der Waals surface area contributed by atoms with E-state index in [1.54, 1.807) is 7.11 Å². The van der Waals surface area contributed by atoms with Crippen LogP contribution in [0.5, 0.6) is 11.5 Å². The molecular formula is C28H29ClN4O2. The van der Waals surface area contributed by atoms with Crippen LogP contribution >= 0.6 is 11.6 Å². The minimum absolute atomic E-state index is 0.209. The van der Waals surface area contributed by atoms with Gasteiger partial charge in [-0.1, -0.05) is 60.7 Å². The maximum atomic E-state index is 6.31. The van der Waals surface area contributed by atoms with E-state index in [0.717, 1.165) is 54.8 Å². The zero-order valence-electron chi connectivity index (χ0n) is 19.8. The van der Waals surface area contributed by atoms with Gasteiger partial charge in [-0.05, 0) is 41.6 Å². The third-order valence-electron chi connectivity index (χ3n) is 6.37. The Balaban J connectivity index is 1.30. The number of piperidine rings is 1. The fraction of sp³-hybridized carbons (Fsp3) is 0.286. The van der Waals surface area contributed by atoms with Crippen molar-refractivity contribution in [3.8, 4) is 11.5 Å². The summed E-state index contributed by atoms with van der Waals surface area (Å²) >= 11 is 6.31. The highest BCUT2D eigenvalue weighted by atomic mass is 35.5. The van der Waals surface area contributed by atoms with Gasteiger partial charge in [-0.15, -0.1) is 0 Å². The number of aromatic nitrogens is 2. The number of rotatable bonds is 8. The summed E-state index contributed by atoms with van der Waals surface area (Å²) in [6.45, 7) is 3.49. The molecule has 2 heterocycles. The van der Waals surface area contributed by atoms with E-state index in [1.165, 1.54) is 5.56 Å². The molecule has 1 aromatic heterocycles. The van der Waals surface area contributed by atoms with Gasteiger partial charge in [0, 0.05) is 37.1 Å². The van der Waals surface area contributed by atoms with Crippen molar-refractivity contribution in [2.45, 2.75) is 32.0 Å². The summed E-state index contributed by atoms with van der Waals surface area (Å²) in [5.74, 6) is 1.99. The van der Waals surface area contributed by atoms with E-state index < -0.39 is 0 Å². The molecule has 5 rings (SSSR count). The fourth-order valence-corrected chi connectivity index (χ4v) is 4.67. The number of nitrogens with zero attached hydrogens (tertiary/aromatic N) is 3. The lowest BCUT2D eigenvalue weighted by atomic mass is 10.0. The second kappa shape index (κ2) is 10.9. The zero-order valence-corrected chi connectivity index (χ0v) is 20.5. The summed E-state index contributed by atoms with van der Waals surface area (Å²) in [6.07, 6.45) is 2.07. The molecule has 0 saturated carbocycles. The molecule has 0 bridgehead atoms. The highest BCUT2D eigenvalue weighted by Gasteiger charge is 2.21. The first-order valence-electron chi connectivity index (χ1n) is 11.9. The van der Waals surface area contributed by atoms with Gasteiger partial charge in [-0.2, -0.15) is 0 Å². The first kappa shape index (κ1) is 23.4. The van der Waals surface area contributed by atoms with Crippen LogP contribution in [0.15, 0.2) is 72.8 Å². The van der Waals surface area contributed by atoms with E-state index in [9.17, 15) is 0 Å². The monoisotopic (exact) mass is 488 g/mol. The van der Waals surface area contributed by atoms with Gasteiger partial charge in [-0.3, -0.25) is 4.90 Å². The largest absolute Gasteiger partial charge is 0.493 e. The minimum Gasteiger partial charge on any atom is -0.493 e. The lowest BCUT2D eigenvalue weighted by Gasteiger charge is -2.32. The molecule has 1 fully saturated rings. The van der Waals surface area contributed by atoms with Crippen LogP contribution in [0.1, 0.15) is 24.0 Å². The molecule has 3 aromatic carbocycles. The summed E-state index contributed by atoms with van der Waals surface area (Å²) < 4.78 is 11.7. The molecule has 0 atom stereocenters. The third-order valence-corrected chi connectivity index (χ3v) is 6.54. The molecule has 0 amide bonds. The lowest BCUT2D eigenvalue weighted by Crippen LogP contribution is -2.38. The smallest absolute Gasteiger partial charge is 0.224 e. The summed E-state index contributed by atoms with van der Waals surface area (Å²) in [7, 11) is 1.64. The Hall–Kier alpha value is -3.35. The normalized spacial score (nSPS) is 14.7. The Bertz CT molecular complexity index is 1260. The quantitative estimate of drug-likeness (QED) is 0.309. The van der Waals surface area contributed by atoms with E-state index in [2.05, 4.69) is 50.5 Å². The molecule has 6 nitrogen and oxygen atoms in total. The van der Waals surface area contributed by atoms with Crippen molar-refractivity contribution in [3.63, 3.8) is 0 Å². The lowest BCUT2D eigenvalue weighted by molar-refractivity contribution is 0.211. The predicted octanol–water partition coefficient (Wildman–Crippen LogP) is 5.95. The maximum absolute atomic E-state index is 6.31. The van der Waals surface area contributed by atoms with Gasteiger partial charge in [0.1, 0.15) is 12.4 Å². The molecule has 0 spiro atoms. The Morgan fingerprint density at radius 3 is 2.29 bits per heavy atom. The number of hydrogen-bond donors (Lipinski definition) is 1. The van der Waals surface area contributed by atoms with Gasteiger partial charge in [-0.25, -0.2) is 9.97 Å². The van der Waals surface area contributed by atoms with Crippen LogP contribution in [0.4, 0.5) is 5.82 Å². The van der Waals surface area contributed by atoms with Gasteiger partial charge in [0.15, 0.2) is 11.5 Å². The molecule has 1 saturated heterocycles. The number of hydrogen-bond acceptors (Lipinski definition) is 6. The summed E-state index contributed by atoms with van der Waals surface area (Å²) in [6, 6.07) is 24.8. The van der Waals surface area contributed by atoms with Crippen LogP contribution < -0.4 is 14.8 Å². The summed E-state index contributed by atoms with van der Waals surface area (Å²) in [4.78, 5) is 11.5. The molecule has 7 heteroatoms. The molecule has 180 valence electrons. The van der Waals surface area contributed by atoms with Crippen LogP contribution in [0.3, 0.4) is 0 Å². The van der Waals surface area contributed by atoms with Crippen LogP contribution in [0.25, 0.3) is 10.9 Å². The van der Waals surface area contributed by atoms with Gasteiger partial charge >= 0.3 is 0 Å². The number of likely N-dealkylation sites (tertiary alicyclic amines) is 1. The number of nitrogens with one attached hydrogen (secondary N) is 1. The van der Waals surface area contributed by atoms with Crippen molar-refractivity contribution in [1.82, 2.24) is 14.9 Å². The molecule has 35 heavy (non-hydrogen) atoms. The molecule has 1 aliphatic rings. The molecule has 4 aromatic rings. The molecule has 0 radical (unpaired) electrons. The minimum atomic E-state index is 0.209. The van der Waals surface area contributed by atoms with Gasteiger partial charge < -0.3 is 14.8 Å². The Labute approximate surface area is 210 Å². The second-order valence-electron chi connectivity index (χ2n) is 8.82. The first-order valence-corrected chi connectivity index (χ1v) is 12.3. The number of halogens is 1. The molecule has 1 aliphatic heterocycles. The van der Waals surface area contributed by atoms with Gasteiger partial charge in [0.2, 0.25) is 5.28 Å². The maximum Gasteiger partial charge on any atom is 0.224 e. The molecule has 1 N–H and O–H groups in total. The second-order valence-corrected chi connectivity index (χ2v) is 9.15. The van der Waals surface area contributed by atoms with E-state index in [-0.39, 0.29) is 5.28 Å². The van der Waals surface area contributed by atoms with Crippen molar-refractivity contribution in [3.05, 3.63) is 89.2 Å². The number of fused-ring (bicyclic) bond motifs is 1. The van der Waals surface area contributed by atoms with E-state index in [0.29, 0.717) is 24.1 Å². The van der Waals surface area contributed by atoms with Gasteiger partial charge in [0.05, 0.1) is 12.6 Å². The molecule has 0 unspecified atom stereocenters. The van der Waals surface area contributed by atoms with Crippen LogP contribution in [-0.2, 0) is 13.2 Å². The number of anilines is 1. The van der Waals surface area contributed by atoms with Crippen LogP contribution in [0.2, 0.25) is 5.28 Å². The Kier molecular flexibility index (Phi) is 7.31. The topological polar surface area (TPSA) is 59.5 Å². The van der Waals surface area contributed by atoms with Crippen molar-refractivity contribution in [2.24, 2.45) is 0 Å². The van der Waals surface area contributed by atoms with Crippen molar-refractivity contribution in [2.75, 3.05) is 25.5 Å². The van der Waals surface area contributed by atoms with E-state index in [4.69, 9.17) is 21.1 Å². The van der Waals surface area contributed by atoms with Gasteiger partial charge in [0.25, 0.3) is 0 Å². The van der Waals surface area contributed by atoms with Crippen LogP contribution in [0, 0.1) is 0 Å². The predicted molar refractivity (Wildman–Crippen MR) is 140 cm³/mol. The summed E-state index contributed by atoms with van der Waals surface area (Å²) in [5.41, 5.74) is 3.15. The van der Waals surface area contributed by atoms with Crippen molar-refractivity contribution in [1.29, 1.82) is 0 Å². The van der Waals surface area contributed by atoms with E-state index in [1.807, 2.05) is 42.5 Å². The highest BCUT2D eigenvalue weighted by molar-refractivity contribution is 6.28. The summed E-state index contributed by atoms with van der Waals surface area (Å²) in [5, 5.41) is 4.69. The Morgan fingerprint density at radius 1 is 0.914 bits per heavy atom. The van der Waals surface area contributed by atoms with Crippen LogP contribution in [-0.4, -0.2) is 41.1 Å². The average Bonchev–Trinajstić information content (AvgIpc) is 2.89. The first-order chi connectivity index (χ1) is 17.2. The molecular weight excluding hydrogens is 460 g/mol. The van der Waals surface area contributed by atoms with Crippen molar-refractivity contribution >= 4 is 28.3 Å². The zero-order chi connectivity index (χ0) is 24.0. The number of methoxy groups -OCH3 is 1. The SMILES string of the molecule is COc1cc2c(NC3CCN(Cc4ccccc4)CC3)nc(Cl)nc2cc1OCc1ccccc1. The highest BCUT2D eigenvalue weighted by Crippen LogP contribution is 2.36. The number of benzene rings is 3. The third kappa shape index (κ3) is 5.84. The Morgan fingerprint density at radius 2 is 1.60 bits per heavy atom. The van der Waals surface area contributed by atoms with Crippen molar-refractivity contribution < 1.29 is 9.47 Å².